The molecule has 0 atom stereocenters. The Labute approximate surface area is 145 Å². The van der Waals surface area contributed by atoms with Crippen LogP contribution in [-0.2, 0) is 0 Å². The number of halogens is 1. The predicted molar refractivity (Wildman–Crippen MR) is 97.9 cm³/mol. The number of hydrogen-bond donors (Lipinski definition) is 1. The highest BCUT2D eigenvalue weighted by atomic mass is 79.9. The van der Waals surface area contributed by atoms with Gasteiger partial charge in [-0.1, -0.05) is 18.2 Å². The van der Waals surface area contributed by atoms with E-state index in [0.717, 1.165) is 22.7 Å². The van der Waals surface area contributed by atoms with E-state index >= 15 is 0 Å². The molecule has 0 spiro atoms. The molecule has 1 heterocycles. The van der Waals surface area contributed by atoms with Crippen LogP contribution in [0, 0.1) is 4.77 Å². The van der Waals surface area contributed by atoms with Crippen LogP contribution in [0.25, 0.3) is 16.9 Å². The van der Waals surface area contributed by atoms with Gasteiger partial charge in [0.1, 0.15) is 5.75 Å². The van der Waals surface area contributed by atoms with Crippen LogP contribution in [-0.4, -0.2) is 16.2 Å². The third-order valence-corrected chi connectivity index (χ3v) is 3.53. The Morgan fingerprint density at radius 3 is 2.36 bits per heavy atom. The lowest BCUT2D eigenvalue weighted by Gasteiger charge is -2.03. The Morgan fingerprint density at radius 1 is 1.05 bits per heavy atom. The average Bonchev–Trinajstić information content (AvgIpc) is 2.91. The molecule has 0 bridgehead atoms. The van der Waals surface area contributed by atoms with E-state index < -0.39 is 0 Å². The van der Waals surface area contributed by atoms with Gasteiger partial charge in [-0.3, -0.25) is 4.57 Å². The maximum Gasteiger partial charge on any atom is 0.182 e. The first-order valence-corrected chi connectivity index (χ1v) is 7.29. The third kappa shape index (κ3) is 3.48. The first-order valence-electron chi connectivity index (χ1n) is 6.88. The second kappa shape index (κ2) is 7.42. The SMILES string of the molecule is Br.CCOc1ccc(-c2cn(-c3ccccc3)c(=S)[nH]2)cc1. The van der Waals surface area contributed by atoms with Crippen LogP contribution in [0.1, 0.15) is 6.92 Å². The topological polar surface area (TPSA) is 29.9 Å². The van der Waals surface area contributed by atoms with Crippen LogP contribution in [0.3, 0.4) is 0 Å². The minimum Gasteiger partial charge on any atom is -0.494 e. The third-order valence-electron chi connectivity index (χ3n) is 3.23. The second-order valence-electron chi connectivity index (χ2n) is 4.64. The zero-order valence-corrected chi connectivity index (χ0v) is 14.7. The summed E-state index contributed by atoms with van der Waals surface area (Å²) in [5.41, 5.74) is 3.13. The monoisotopic (exact) mass is 376 g/mol. The summed E-state index contributed by atoms with van der Waals surface area (Å²) in [4.78, 5) is 3.25. The standard InChI is InChI=1S/C17H16N2OS.BrH/c1-2-20-15-10-8-13(9-11-15)16-12-19(17(21)18-16)14-6-4-3-5-7-14;/h3-12H,2H2,1H3,(H,18,21);1H. The van der Waals surface area contributed by atoms with Gasteiger partial charge in [-0.15, -0.1) is 17.0 Å². The predicted octanol–water partition coefficient (Wildman–Crippen LogP) is 5.18. The van der Waals surface area contributed by atoms with E-state index in [-0.39, 0.29) is 17.0 Å². The molecular formula is C17H17BrN2OS. The first-order chi connectivity index (χ1) is 10.3. The molecule has 3 nitrogen and oxygen atoms in total. The van der Waals surface area contributed by atoms with Crippen molar-refractivity contribution in [3.05, 3.63) is 65.6 Å². The number of nitrogens with one attached hydrogen (secondary N) is 1. The summed E-state index contributed by atoms with van der Waals surface area (Å²) in [6, 6.07) is 18.1. The fourth-order valence-electron chi connectivity index (χ4n) is 2.22. The summed E-state index contributed by atoms with van der Waals surface area (Å²) in [7, 11) is 0. The molecule has 3 rings (SSSR count). The highest BCUT2D eigenvalue weighted by molar-refractivity contribution is 8.93. The van der Waals surface area contributed by atoms with Crippen LogP contribution >= 0.6 is 29.2 Å². The van der Waals surface area contributed by atoms with Gasteiger partial charge in [0.25, 0.3) is 0 Å². The summed E-state index contributed by atoms with van der Waals surface area (Å²) in [5.74, 6) is 0.877. The van der Waals surface area contributed by atoms with Crippen molar-refractivity contribution >= 4 is 29.2 Å². The number of rotatable bonds is 4. The summed E-state index contributed by atoms with van der Waals surface area (Å²) in [5, 5.41) is 0. The number of nitrogens with zero attached hydrogens (tertiary/aromatic N) is 1. The van der Waals surface area contributed by atoms with E-state index in [1.807, 2.05) is 72.3 Å². The molecule has 0 saturated carbocycles. The van der Waals surface area contributed by atoms with Gasteiger partial charge >= 0.3 is 0 Å². The molecule has 0 aliphatic rings. The van der Waals surface area contributed by atoms with E-state index in [1.165, 1.54) is 0 Å². The molecule has 3 aromatic rings. The van der Waals surface area contributed by atoms with Crippen molar-refractivity contribution in [2.45, 2.75) is 6.92 Å². The molecule has 0 saturated heterocycles. The molecule has 0 fully saturated rings. The van der Waals surface area contributed by atoms with Gasteiger partial charge < -0.3 is 9.72 Å². The molecule has 0 unspecified atom stereocenters. The van der Waals surface area contributed by atoms with E-state index in [4.69, 9.17) is 17.0 Å². The number of imidazole rings is 1. The second-order valence-corrected chi connectivity index (χ2v) is 5.02. The smallest absolute Gasteiger partial charge is 0.182 e. The fraction of sp³-hybridized carbons (Fsp3) is 0.118. The normalized spacial score (nSPS) is 10.0. The molecule has 0 radical (unpaired) electrons. The molecule has 0 amide bonds. The summed E-state index contributed by atoms with van der Waals surface area (Å²) < 4.78 is 8.12. The highest BCUT2D eigenvalue weighted by Gasteiger charge is 2.05. The minimum atomic E-state index is 0. The van der Waals surface area contributed by atoms with Crippen LogP contribution in [0.15, 0.2) is 60.8 Å². The maximum absolute atomic E-state index is 5.46. The van der Waals surface area contributed by atoms with Gasteiger partial charge in [0.2, 0.25) is 0 Å². The van der Waals surface area contributed by atoms with Gasteiger partial charge in [0, 0.05) is 11.9 Å². The zero-order chi connectivity index (χ0) is 14.7. The van der Waals surface area contributed by atoms with Crippen LogP contribution in [0.5, 0.6) is 5.75 Å². The van der Waals surface area contributed by atoms with Crippen molar-refractivity contribution < 1.29 is 4.74 Å². The molecule has 0 aliphatic heterocycles. The number of benzene rings is 2. The number of H-pyrrole nitrogens is 1. The zero-order valence-electron chi connectivity index (χ0n) is 12.2. The molecule has 2 aromatic carbocycles. The number of hydrogen-bond acceptors (Lipinski definition) is 2. The summed E-state index contributed by atoms with van der Waals surface area (Å²) >= 11 is 5.40. The Balaban J connectivity index is 0.00000176. The van der Waals surface area contributed by atoms with Crippen molar-refractivity contribution in [1.29, 1.82) is 0 Å². The lowest BCUT2D eigenvalue weighted by atomic mass is 10.1. The molecule has 1 aromatic heterocycles. The van der Waals surface area contributed by atoms with Gasteiger partial charge in [-0.2, -0.15) is 0 Å². The summed E-state index contributed by atoms with van der Waals surface area (Å²) in [6.07, 6.45) is 2.02. The van der Waals surface area contributed by atoms with Gasteiger partial charge in [0.05, 0.1) is 12.3 Å². The van der Waals surface area contributed by atoms with Gasteiger partial charge in [-0.05, 0) is 61.1 Å². The van der Waals surface area contributed by atoms with Crippen LogP contribution in [0.4, 0.5) is 0 Å². The van der Waals surface area contributed by atoms with Crippen molar-refractivity contribution in [1.82, 2.24) is 9.55 Å². The molecule has 114 valence electrons. The highest BCUT2D eigenvalue weighted by Crippen LogP contribution is 2.22. The van der Waals surface area contributed by atoms with Crippen LogP contribution in [0.2, 0.25) is 0 Å². The molecule has 5 heteroatoms. The van der Waals surface area contributed by atoms with E-state index in [0.29, 0.717) is 11.4 Å². The molecule has 1 N–H and O–H groups in total. The van der Waals surface area contributed by atoms with E-state index in [9.17, 15) is 0 Å². The first kappa shape index (κ1) is 16.5. The van der Waals surface area contributed by atoms with Crippen LogP contribution < -0.4 is 4.74 Å². The van der Waals surface area contributed by atoms with E-state index in [1.54, 1.807) is 0 Å². The molecule has 22 heavy (non-hydrogen) atoms. The maximum atomic E-state index is 5.46. The molecule has 0 aliphatic carbocycles. The number of para-hydroxylation sites is 1. The number of aromatic nitrogens is 2. The Bertz CT molecular complexity index is 778. The Kier molecular flexibility index (Phi) is 5.57. The molecular weight excluding hydrogens is 360 g/mol. The number of ether oxygens (including phenoxy) is 1. The van der Waals surface area contributed by atoms with Gasteiger partial charge in [-0.25, -0.2) is 0 Å². The Hall–Kier alpha value is -1.85. The van der Waals surface area contributed by atoms with E-state index in [2.05, 4.69) is 4.98 Å². The van der Waals surface area contributed by atoms with Gasteiger partial charge in [0.15, 0.2) is 4.77 Å². The lowest BCUT2D eigenvalue weighted by molar-refractivity contribution is 0.340. The van der Waals surface area contributed by atoms with Crippen molar-refractivity contribution in [3.8, 4) is 22.7 Å². The quantitative estimate of drug-likeness (QED) is 0.635. The summed E-state index contributed by atoms with van der Waals surface area (Å²) in [6.45, 7) is 2.65. The van der Waals surface area contributed by atoms with Crippen molar-refractivity contribution in [3.63, 3.8) is 0 Å². The average molecular weight is 377 g/mol. The van der Waals surface area contributed by atoms with Crippen molar-refractivity contribution in [2.75, 3.05) is 6.61 Å². The number of aromatic amines is 1. The minimum absolute atomic E-state index is 0. The fourth-order valence-corrected chi connectivity index (χ4v) is 2.49. The largest absolute Gasteiger partial charge is 0.494 e. The lowest BCUT2D eigenvalue weighted by Crippen LogP contribution is -1.91. The van der Waals surface area contributed by atoms with Crippen molar-refractivity contribution in [2.24, 2.45) is 0 Å². The Morgan fingerprint density at radius 2 is 1.73 bits per heavy atom.